The van der Waals surface area contributed by atoms with Crippen LogP contribution in [0.15, 0.2) is 30.4 Å². The predicted octanol–water partition coefficient (Wildman–Crippen LogP) is 3.07. The van der Waals surface area contributed by atoms with Crippen LogP contribution in [-0.2, 0) is 0 Å². The van der Waals surface area contributed by atoms with Crippen molar-refractivity contribution >= 4 is 17.4 Å². The molecular formula is C13H15ClO3. The number of benzene rings is 1. The van der Waals surface area contributed by atoms with E-state index >= 15 is 0 Å². The number of halogens is 1. The van der Waals surface area contributed by atoms with E-state index in [-0.39, 0.29) is 5.78 Å². The van der Waals surface area contributed by atoms with Gasteiger partial charge in [0, 0.05) is 11.4 Å². The average molecular weight is 255 g/mol. The molecule has 17 heavy (non-hydrogen) atoms. The van der Waals surface area contributed by atoms with E-state index in [9.17, 15) is 4.79 Å². The first-order chi connectivity index (χ1) is 8.08. The van der Waals surface area contributed by atoms with Gasteiger partial charge in [0.2, 0.25) is 0 Å². The third-order valence-corrected chi connectivity index (χ3v) is 2.57. The smallest absolute Gasteiger partial charge is 0.161 e. The second-order valence-corrected chi connectivity index (χ2v) is 3.86. The molecule has 4 heteroatoms. The van der Waals surface area contributed by atoms with Crippen LogP contribution in [0.2, 0.25) is 0 Å². The highest BCUT2D eigenvalue weighted by molar-refractivity contribution is 6.19. The molecule has 1 aromatic rings. The molecule has 1 rings (SSSR count). The lowest BCUT2D eigenvalue weighted by Crippen LogP contribution is -2.03. The predicted molar refractivity (Wildman–Crippen MR) is 68.4 cm³/mol. The van der Waals surface area contributed by atoms with Crippen molar-refractivity contribution < 1.29 is 14.3 Å². The molecule has 0 aliphatic rings. The number of carbonyl (C=O) groups is 1. The number of ether oxygens (including phenoxy) is 2. The minimum atomic E-state index is -0.0139. The van der Waals surface area contributed by atoms with Crippen molar-refractivity contribution in [2.45, 2.75) is 6.92 Å². The van der Waals surface area contributed by atoms with Gasteiger partial charge in [0.1, 0.15) is 6.61 Å². The highest BCUT2D eigenvalue weighted by Gasteiger charge is 2.08. The van der Waals surface area contributed by atoms with Gasteiger partial charge in [0.15, 0.2) is 17.3 Å². The van der Waals surface area contributed by atoms with Crippen LogP contribution >= 0.6 is 11.6 Å². The summed E-state index contributed by atoms with van der Waals surface area (Å²) in [6.45, 7) is 5.57. The molecule has 0 aliphatic carbocycles. The Morgan fingerprint density at radius 2 is 2.12 bits per heavy atom. The lowest BCUT2D eigenvalue weighted by molar-refractivity contribution is 0.101. The molecule has 0 saturated carbocycles. The van der Waals surface area contributed by atoms with Gasteiger partial charge in [-0.3, -0.25) is 4.79 Å². The van der Waals surface area contributed by atoms with Crippen molar-refractivity contribution in [3.05, 3.63) is 35.9 Å². The summed E-state index contributed by atoms with van der Waals surface area (Å²) in [4.78, 5) is 11.2. The SMILES string of the molecule is C=C(CCl)COc1ccc(C(C)=O)cc1OC. The van der Waals surface area contributed by atoms with Gasteiger partial charge in [0.05, 0.1) is 7.11 Å². The summed E-state index contributed by atoms with van der Waals surface area (Å²) < 4.78 is 10.7. The number of hydrogen-bond acceptors (Lipinski definition) is 3. The summed E-state index contributed by atoms with van der Waals surface area (Å²) in [7, 11) is 1.53. The van der Waals surface area contributed by atoms with Gasteiger partial charge in [-0.15, -0.1) is 11.6 Å². The largest absolute Gasteiger partial charge is 0.493 e. The lowest BCUT2D eigenvalue weighted by Gasteiger charge is -2.11. The van der Waals surface area contributed by atoms with Crippen LogP contribution in [0.1, 0.15) is 17.3 Å². The fourth-order valence-corrected chi connectivity index (χ4v) is 1.30. The third kappa shape index (κ3) is 3.79. The maximum atomic E-state index is 11.2. The first-order valence-electron chi connectivity index (χ1n) is 5.13. The Labute approximate surface area is 106 Å². The van der Waals surface area contributed by atoms with Crippen molar-refractivity contribution in [2.24, 2.45) is 0 Å². The van der Waals surface area contributed by atoms with Crippen molar-refractivity contribution in [1.82, 2.24) is 0 Å². The lowest BCUT2D eigenvalue weighted by atomic mass is 10.1. The zero-order chi connectivity index (χ0) is 12.8. The minimum Gasteiger partial charge on any atom is -0.493 e. The zero-order valence-electron chi connectivity index (χ0n) is 9.96. The van der Waals surface area contributed by atoms with Crippen LogP contribution in [0, 0.1) is 0 Å². The summed E-state index contributed by atoms with van der Waals surface area (Å²) >= 11 is 5.60. The fourth-order valence-electron chi connectivity index (χ4n) is 1.22. The van der Waals surface area contributed by atoms with Gasteiger partial charge in [-0.05, 0) is 30.7 Å². The zero-order valence-corrected chi connectivity index (χ0v) is 10.7. The first kappa shape index (κ1) is 13.6. The quantitative estimate of drug-likeness (QED) is 0.445. The second-order valence-electron chi connectivity index (χ2n) is 3.59. The topological polar surface area (TPSA) is 35.5 Å². The first-order valence-corrected chi connectivity index (χ1v) is 5.66. The van der Waals surface area contributed by atoms with Crippen molar-refractivity contribution in [2.75, 3.05) is 19.6 Å². The van der Waals surface area contributed by atoms with Crippen molar-refractivity contribution in [3.8, 4) is 11.5 Å². The number of carbonyl (C=O) groups excluding carboxylic acids is 1. The van der Waals surface area contributed by atoms with E-state index in [0.29, 0.717) is 29.5 Å². The fraction of sp³-hybridized carbons (Fsp3) is 0.308. The third-order valence-electron chi connectivity index (χ3n) is 2.19. The van der Waals surface area contributed by atoms with Gasteiger partial charge in [-0.25, -0.2) is 0 Å². The van der Waals surface area contributed by atoms with Crippen LogP contribution in [0.3, 0.4) is 0 Å². The van der Waals surface area contributed by atoms with E-state index in [1.165, 1.54) is 14.0 Å². The number of rotatable bonds is 6. The highest BCUT2D eigenvalue weighted by Crippen LogP contribution is 2.28. The molecule has 0 radical (unpaired) electrons. The van der Waals surface area contributed by atoms with E-state index < -0.39 is 0 Å². The molecule has 0 saturated heterocycles. The number of Topliss-reactive ketones (excluding diaryl/α,β-unsaturated/α-hetero) is 1. The van der Waals surface area contributed by atoms with E-state index in [1.807, 2.05) is 0 Å². The molecule has 0 amide bonds. The molecule has 0 aromatic heterocycles. The van der Waals surface area contributed by atoms with Crippen LogP contribution in [0.4, 0.5) is 0 Å². The molecule has 1 aromatic carbocycles. The van der Waals surface area contributed by atoms with Crippen molar-refractivity contribution in [1.29, 1.82) is 0 Å². The normalized spacial score (nSPS) is 9.82. The Balaban J connectivity index is 2.85. The van der Waals surface area contributed by atoms with Gasteiger partial charge in [-0.1, -0.05) is 6.58 Å². The summed E-state index contributed by atoms with van der Waals surface area (Å²) in [5.74, 6) is 1.44. The van der Waals surface area contributed by atoms with Gasteiger partial charge in [-0.2, -0.15) is 0 Å². The summed E-state index contributed by atoms with van der Waals surface area (Å²) in [5.41, 5.74) is 1.37. The van der Waals surface area contributed by atoms with Crippen LogP contribution in [-0.4, -0.2) is 25.4 Å². The molecule has 0 unspecified atom stereocenters. The molecule has 0 spiro atoms. The number of methoxy groups -OCH3 is 1. The van der Waals surface area contributed by atoms with E-state index in [4.69, 9.17) is 21.1 Å². The Morgan fingerprint density at radius 1 is 1.41 bits per heavy atom. The van der Waals surface area contributed by atoms with E-state index in [1.54, 1.807) is 18.2 Å². The molecule has 0 bridgehead atoms. The van der Waals surface area contributed by atoms with Crippen LogP contribution in [0.25, 0.3) is 0 Å². The molecule has 0 atom stereocenters. The Kier molecular flexibility index (Phi) is 5.04. The Hall–Kier alpha value is -1.48. The number of hydrogen-bond donors (Lipinski definition) is 0. The average Bonchev–Trinajstić information content (AvgIpc) is 2.35. The van der Waals surface area contributed by atoms with Crippen LogP contribution < -0.4 is 9.47 Å². The molecular weight excluding hydrogens is 240 g/mol. The monoisotopic (exact) mass is 254 g/mol. The summed E-state index contributed by atoms with van der Waals surface area (Å²) in [5, 5.41) is 0. The highest BCUT2D eigenvalue weighted by atomic mass is 35.5. The number of ketones is 1. The molecule has 0 aliphatic heterocycles. The summed E-state index contributed by atoms with van der Waals surface area (Å²) in [6.07, 6.45) is 0. The van der Waals surface area contributed by atoms with E-state index in [2.05, 4.69) is 6.58 Å². The maximum absolute atomic E-state index is 11.2. The Morgan fingerprint density at radius 3 is 2.65 bits per heavy atom. The second kappa shape index (κ2) is 6.30. The molecule has 92 valence electrons. The summed E-state index contributed by atoms with van der Waals surface area (Å²) in [6, 6.07) is 5.06. The van der Waals surface area contributed by atoms with Gasteiger partial charge in [0.25, 0.3) is 0 Å². The molecule has 3 nitrogen and oxygen atoms in total. The Bertz CT molecular complexity index is 427. The minimum absolute atomic E-state index is 0.0139. The molecule has 0 fully saturated rings. The van der Waals surface area contributed by atoms with Crippen LogP contribution in [0.5, 0.6) is 11.5 Å². The number of alkyl halides is 1. The van der Waals surface area contributed by atoms with E-state index in [0.717, 1.165) is 5.57 Å². The van der Waals surface area contributed by atoms with Gasteiger partial charge >= 0.3 is 0 Å². The molecule has 0 heterocycles. The maximum Gasteiger partial charge on any atom is 0.161 e. The standard InChI is InChI=1S/C13H15ClO3/c1-9(7-14)8-17-12-5-4-11(10(2)15)6-13(12)16-3/h4-6H,1,7-8H2,2-3H3. The molecule has 0 N–H and O–H groups in total. The van der Waals surface area contributed by atoms with Gasteiger partial charge < -0.3 is 9.47 Å². The van der Waals surface area contributed by atoms with Crippen molar-refractivity contribution in [3.63, 3.8) is 0 Å².